The Bertz CT molecular complexity index is 536. The number of methoxy groups -OCH3 is 1. The Balaban J connectivity index is 1.92. The summed E-state index contributed by atoms with van der Waals surface area (Å²) in [5.74, 6) is 1.56. The van der Waals surface area contributed by atoms with E-state index in [4.69, 9.17) is 4.74 Å². The first-order valence-electron chi connectivity index (χ1n) is 7.49. The van der Waals surface area contributed by atoms with Gasteiger partial charge in [0.25, 0.3) is 5.24 Å². The fourth-order valence-electron chi connectivity index (χ4n) is 2.49. The zero-order valence-electron chi connectivity index (χ0n) is 13.0. The highest BCUT2D eigenvalue weighted by Gasteiger charge is 2.22. The van der Waals surface area contributed by atoms with Gasteiger partial charge >= 0.3 is 0 Å². The standard InChI is InChI=1S/C16H22N2O3S/c1-3-13(12-6-4-5-7-14(12)21-2)17-15(19)8-9-18-10-11-22-16(18)20/h4-7,13H,3,8-11H2,1-2H3,(H,17,19)/t13-/m1/s1. The van der Waals surface area contributed by atoms with Crippen molar-refractivity contribution in [2.24, 2.45) is 0 Å². The van der Waals surface area contributed by atoms with Crippen LogP contribution in [0.25, 0.3) is 0 Å². The highest BCUT2D eigenvalue weighted by Crippen LogP contribution is 2.26. The minimum atomic E-state index is -0.0766. The highest BCUT2D eigenvalue weighted by atomic mass is 32.2. The number of thioether (sulfide) groups is 1. The fraction of sp³-hybridized carbons (Fsp3) is 0.500. The van der Waals surface area contributed by atoms with Gasteiger partial charge in [-0.3, -0.25) is 9.59 Å². The lowest BCUT2D eigenvalue weighted by atomic mass is 10.0. The summed E-state index contributed by atoms with van der Waals surface area (Å²) >= 11 is 1.32. The molecule has 2 rings (SSSR count). The average molecular weight is 322 g/mol. The van der Waals surface area contributed by atoms with Gasteiger partial charge in [-0.05, 0) is 12.5 Å². The van der Waals surface area contributed by atoms with E-state index in [1.807, 2.05) is 31.2 Å². The van der Waals surface area contributed by atoms with Gasteiger partial charge in [-0.25, -0.2) is 0 Å². The summed E-state index contributed by atoms with van der Waals surface area (Å²) in [5.41, 5.74) is 0.980. The smallest absolute Gasteiger partial charge is 0.281 e. The first kappa shape index (κ1) is 16.7. The summed E-state index contributed by atoms with van der Waals surface area (Å²) in [6, 6.07) is 7.63. The van der Waals surface area contributed by atoms with Crippen LogP contribution in [0.15, 0.2) is 24.3 Å². The third kappa shape index (κ3) is 4.16. The van der Waals surface area contributed by atoms with E-state index in [-0.39, 0.29) is 17.2 Å². The van der Waals surface area contributed by atoms with Crippen LogP contribution in [-0.4, -0.2) is 42.0 Å². The molecule has 22 heavy (non-hydrogen) atoms. The van der Waals surface area contributed by atoms with Crippen molar-refractivity contribution in [2.45, 2.75) is 25.8 Å². The third-order valence-corrected chi connectivity index (χ3v) is 4.60. The van der Waals surface area contributed by atoms with E-state index >= 15 is 0 Å². The number of hydrogen-bond acceptors (Lipinski definition) is 4. The van der Waals surface area contributed by atoms with Crippen LogP contribution in [0.4, 0.5) is 4.79 Å². The Morgan fingerprint density at radius 2 is 2.23 bits per heavy atom. The molecule has 0 aliphatic carbocycles. The van der Waals surface area contributed by atoms with Gasteiger partial charge in [0, 0.05) is 30.8 Å². The molecule has 1 aliphatic heterocycles. The summed E-state index contributed by atoms with van der Waals surface area (Å²) in [6.45, 7) is 3.25. The molecule has 0 unspecified atom stereocenters. The number of rotatable bonds is 7. The number of nitrogens with one attached hydrogen (secondary N) is 1. The van der Waals surface area contributed by atoms with E-state index in [1.54, 1.807) is 12.0 Å². The first-order valence-corrected chi connectivity index (χ1v) is 8.48. The van der Waals surface area contributed by atoms with Crippen molar-refractivity contribution < 1.29 is 14.3 Å². The number of para-hydroxylation sites is 1. The van der Waals surface area contributed by atoms with Crippen molar-refractivity contribution >= 4 is 22.9 Å². The van der Waals surface area contributed by atoms with Gasteiger partial charge in [-0.1, -0.05) is 36.9 Å². The molecule has 1 N–H and O–H groups in total. The summed E-state index contributed by atoms with van der Waals surface area (Å²) in [4.78, 5) is 25.4. The van der Waals surface area contributed by atoms with Crippen LogP contribution in [0.2, 0.25) is 0 Å². The van der Waals surface area contributed by atoms with Gasteiger partial charge in [-0.2, -0.15) is 0 Å². The van der Waals surface area contributed by atoms with Crippen LogP contribution >= 0.6 is 11.8 Å². The zero-order valence-corrected chi connectivity index (χ0v) is 13.8. The van der Waals surface area contributed by atoms with Gasteiger partial charge in [0.2, 0.25) is 5.91 Å². The van der Waals surface area contributed by atoms with Gasteiger partial charge in [0.1, 0.15) is 5.75 Å². The van der Waals surface area contributed by atoms with Gasteiger partial charge in [-0.15, -0.1) is 0 Å². The highest BCUT2D eigenvalue weighted by molar-refractivity contribution is 8.13. The summed E-state index contributed by atoms with van der Waals surface area (Å²) in [5, 5.41) is 3.11. The molecule has 1 fully saturated rings. The second kappa shape index (κ2) is 8.08. The van der Waals surface area contributed by atoms with Crippen molar-refractivity contribution in [3.8, 4) is 5.75 Å². The molecule has 6 heteroatoms. The van der Waals surface area contributed by atoms with E-state index in [0.29, 0.717) is 13.0 Å². The van der Waals surface area contributed by atoms with Crippen LogP contribution in [0.5, 0.6) is 5.75 Å². The summed E-state index contributed by atoms with van der Waals surface area (Å²) < 4.78 is 5.36. The number of benzene rings is 1. The van der Waals surface area contributed by atoms with E-state index in [2.05, 4.69) is 5.32 Å². The maximum Gasteiger partial charge on any atom is 0.281 e. The molecular weight excluding hydrogens is 300 g/mol. The van der Waals surface area contributed by atoms with Crippen molar-refractivity contribution in [1.29, 1.82) is 0 Å². The van der Waals surface area contributed by atoms with Crippen LogP contribution < -0.4 is 10.1 Å². The summed E-state index contributed by atoms with van der Waals surface area (Å²) in [7, 11) is 1.63. The monoisotopic (exact) mass is 322 g/mol. The quantitative estimate of drug-likeness (QED) is 0.838. The largest absolute Gasteiger partial charge is 0.496 e. The van der Waals surface area contributed by atoms with Crippen molar-refractivity contribution in [1.82, 2.24) is 10.2 Å². The number of hydrogen-bond donors (Lipinski definition) is 1. The lowest BCUT2D eigenvalue weighted by Crippen LogP contribution is -2.33. The molecule has 120 valence electrons. The van der Waals surface area contributed by atoms with E-state index in [9.17, 15) is 9.59 Å². The van der Waals surface area contributed by atoms with Crippen LogP contribution in [-0.2, 0) is 4.79 Å². The Kier molecular flexibility index (Phi) is 6.12. The van der Waals surface area contributed by atoms with Gasteiger partial charge in [0.05, 0.1) is 13.2 Å². The predicted octanol–water partition coefficient (Wildman–Crippen LogP) is 2.82. The topological polar surface area (TPSA) is 58.6 Å². The molecule has 1 saturated heterocycles. The second-order valence-electron chi connectivity index (χ2n) is 5.12. The Morgan fingerprint density at radius 3 is 2.86 bits per heavy atom. The molecule has 1 aliphatic rings. The zero-order chi connectivity index (χ0) is 15.9. The average Bonchev–Trinajstić information content (AvgIpc) is 2.95. The predicted molar refractivity (Wildman–Crippen MR) is 88.2 cm³/mol. The SMILES string of the molecule is CC[C@@H](NC(=O)CCN1CCSC1=O)c1ccccc1OC. The van der Waals surface area contributed by atoms with Crippen LogP contribution in [0.1, 0.15) is 31.4 Å². The number of ether oxygens (including phenoxy) is 1. The number of carbonyl (C=O) groups is 2. The number of carbonyl (C=O) groups excluding carboxylic acids is 2. The Labute approximate surface area is 135 Å². The molecule has 1 aromatic carbocycles. The molecule has 5 nitrogen and oxygen atoms in total. The van der Waals surface area contributed by atoms with E-state index in [0.717, 1.165) is 30.0 Å². The molecule has 0 spiro atoms. The van der Waals surface area contributed by atoms with Gasteiger partial charge < -0.3 is 15.0 Å². The Morgan fingerprint density at radius 1 is 1.45 bits per heavy atom. The number of amides is 2. The molecular formula is C16H22N2O3S. The molecule has 2 amide bonds. The lowest BCUT2D eigenvalue weighted by Gasteiger charge is -2.21. The first-order chi connectivity index (χ1) is 10.7. The molecule has 0 aromatic heterocycles. The van der Waals surface area contributed by atoms with Crippen LogP contribution in [0, 0.1) is 0 Å². The minimum Gasteiger partial charge on any atom is -0.496 e. The lowest BCUT2D eigenvalue weighted by molar-refractivity contribution is -0.122. The molecule has 0 radical (unpaired) electrons. The maximum absolute atomic E-state index is 12.2. The minimum absolute atomic E-state index is 0.0394. The molecule has 1 heterocycles. The maximum atomic E-state index is 12.2. The van der Waals surface area contributed by atoms with Crippen molar-refractivity contribution in [3.05, 3.63) is 29.8 Å². The molecule has 1 atom stereocenters. The van der Waals surface area contributed by atoms with Crippen LogP contribution in [0.3, 0.4) is 0 Å². The fourth-order valence-corrected chi connectivity index (χ4v) is 3.34. The molecule has 0 saturated carbocycles. The molecule has 0 bridgehead atoms. The van der Waals surface area contributed by atoms with Crippen molar-refractivity contribution in [3.63, 3.8) is 0 Å². The Hall–Kier alpha value is -1.69. The third-order valence-electron chi connectivity index (χ3n) is 3.71. The second-order valence-corrected chi connectivity index (χ2v) is 6.17. The number of nitrogens with zero attached hydrogens (tertiary/aromatic N) is 1. The normalized spacial score (nSPS) is 15.7. The molecule has 1 aromatic rings. The summed E-state index contributed by atoms with van der Waals surface area (Å²) in [6.07, 6.45) is 1.11. The van der Waals surface area contributed by atoms with Crippen molar-refractivity contribution in [2.75, 3.05) is 26.0 Å². The van der Waals surface area contributed by atoms with E-state index < -0.39 is 0 Å². The van der Waals surface area contributed by atoms with E-state index in [1.165, 1.54) is 11.8 Å². The van der Waals surface area contributed by atoms with Gasteiger partial charge in [0.15, 0.2) is 0 Å².